The molecule has 0 heterocycles. The quantitative estimate of drug-likeness (QED) is 0.873. The topological polar surface area (TPSA) is 45.7 Å². The van der Waals surface area contributed by atoms with Crippen molar-refractivity contribution < 1.29 is 10.1 Å². The standard InChI is InChI=1S/C16H17ClN2O/c1-12(13-7-3-2-4-8-13)18-11-16(20)19-15-10-6-5-9-14(15)17/h2-10,12,18H,11H2,1H3,(H,19,20)/p+1/t12-/m1/s1. The lowest BCUT2D eigenvalue weighted by molar-refractivity contribution is -0.682. The van der Waals surface area contributed by atoms with E-state index in [0.29, 0.717) is 17.3 Å². The van der Waals surface area contributed by atoms with Crippen LogP contribution in [-0.4, -0.2) is 12.5 Å². The Labute approximate surface area is 124 Å². The lowest BCUT2D eigenvalue weighted by atomic mass is 10.1. The minimum Gasteiger partial charge on any atom is -0.333 e. The Hall–Kier alpha value is -1.84. The Morgan fingerprint density at radius 2 is 1.80 bits per heavy atom. The number of halogens is 1. The number of carbonyl (C=O) groups excluding carboxylic acids is 1. The van der Waals surface area contributed by atoms with Gasteiger partial charge in [0.25, 0.3) is 5.91 Å². The van der Waals surface area contributed by atoms with E-state index in [4.69, 9.17) is 11.6 Å². The van der Waals surface area contributed by atoms with Crippen LogP contribution in [0.25, 0.3) is 0 Å². The Kier molecular flexibility index (Phi) is 5.16. The van der Waals surface area contributed by atoms with E-state index in [0.717, 1.165) is 0 Å². The van der Waals surface area contributed by atoms with Gasteiger partial charge < -0.3 is 10.6 Å². The van der Waals surface area contributed by atoms with Crippen LogP contribution in [0.15, 0.2) is 54.6 Å². The number of anilines is 1. The van der Waals surface area contributed by atoms with Gasteiger partial charge in [-0.05, 0) is 19.1 Å². The average molecular weight is 290 g/mol. The molecule has 2 aromatic rings. The van der Waals surface area contributed by atoms with Crippen LogP contribution in [0.3, 0.4) is 0 Å². The lowest BCUT2D eigenvalue weighted by Crippen LogP contribution is -2.86. The first-order valence-electron chi connectivity index (χ1n) is 6.59. The largest absolute Gasteiger partial charge is 0.333 e. The number of amides is 1. The summed E-state index contributed by atoms with van der Waals surface area (Å²) in [7, 11) is 0. The number of carbonyl (C=O) groups is 1. The maximum Gasteiger partial charge on any atom is 0.279 e. The molecule has 0 aliphatic heterocycles. The van der Waals surface area contributed by atoms with Gasteiger partial charge in [-0.1, -0.05) is 54.1 Å². The smallest absolute Gasteiger partial charge is 0.279 e. The molecule has 0 unspecified atom stereocenters. The predicted molar refractivity (Wildman–Crippen MR) is 81.7 cm³/mol. The summed E-state index contributed by atoms with van der Waals surface area (Å²) in [5, 5.41) is 5.37. The predicted octanol–water partition coefficient (Wildman–Crippen LogP) is 2.60. The van der Waals surface area contributed by atoms with Gasteiger partial charge in [0.05, 0.1) is 10.7 Å². The van der Waals surface area contributed by atoms with Crippen LogP contribution in [0.1, 0.15) is 18.5 Å². The monoisotopic (exact) mass is 289 g/mol. The second-order valence-electron chi connectivity index (χ2n) is 4.67. The maximum atomic E-state index is 11.9. The molecule has 4 heteroatoms. The summed E-state index contributed by atoms with van der Waals surface area (Å²) < 4.78 is 0. The van der Waals surface area contributed by atoms with Gasteiger partial charge in [0.2, 0.25) is 0 Å². The minimum atomic E-state index is -0.0547. The zero-order valence-corrected chi connectivity index (χ0v) is 12.1. The summed E-state index contributed by atoms with van der Waals surface area (Å²) in [6.45, 7) is 2.44. The molecular weight excluding hydrogens is 272 g/mol. The number of nitrogens with two attached hydrogens (primary N) is 1. The molecule has 1 amide bonds. The van der Waals surface area contributed by atoms with E-state index < -0.39 is 0 Å². The summed E-state index contributed by atoms with van der Waals surface area (Å²) in [5.74, 6) is -0.0547. The zero-order chi connectivity index (χ0) is 14.4. The molecule has 2 aromatic carbocycles. The first-order chi connectivity index (χ1) is 9.66. The fourth-order valence-electron chi connectivity index (χ4n) is 1.94. The molecule has 0 fully saturated rings. The first kappa shape index (κ1) is 14.6. The number of hydrogen-bond donors (Lipinski definition) is 2. The molecule has 0 aliphatic rings. The van der Waals surface area contributed by atoms with Crippen molar-refractivity contribution in [2.45, 2.75) is 13.0 Å². The van der Waals surface area contributed by atoms with Gasteiger partial charge in [0.15, 0.2) is 6.54 Å². The van der Waals surface area contributed by atoms with E-state index in [1.165, 1.54) is 5.56 Å². The van der Waals surface area contributed by atoms with Crippen molar-refractivity contribution in [2.24, 2.45) is 0 Å². The van der Waals surface area contributed by atoms with Gasteiger partial charge >= 0.3 is 0 Å². The second kappa shape index (κ2) is 7.08. The number of benzene rings is 2. The SMILES string of the molecule is C[C@@H]([NH2+]CC(=O)Nc1ccccc1Cl)c1ccccc1. The summed E-state index contributed by atoms with van der Waals surface area (Å²) >= 11 is 6.00. The Morgan fingerprint density at radius 1 is 1.15 bits per heavy atom. The van der Waals surface area contributed by atoms with Crippen LogP contribution < -0.4 is 10.6 Å². The third-order valence-corrected chi connectivity index (χ3v) is 3.46. The van der Waals surface area contributed by atoms with Crippen molar-refractivity contribution in [3.05, 3.63) is 65.2 Å². The molecule has 0 aliphatic carbocycles. The molecule has 2 rings (SSSR count). The first-order valence-corrected chi connectivity index (χ1v) is 6.97. The Bertz CT molecular complexity index is 572. The molecule has 0 bridgehead atoms. The van der Waals surface area contributed by atoms with E-state index in [2.05, 4.69) is 24.4 Å². The fraction of sp³-hybridized carbons (Fsp3) is 0.188. The molecule has 3 N–H and O–H groups in total. The van der Waals surface area contributed by atoms with Gasteiger partial charge in [-0.25, -0.2) is 0 Å². The molecule has 1 atom stereocenters. The van der Waals surface area contributed by atoms with Gasteiger partial charge in [-0.3, -0.25) is 4.79 Å². The summed E-state index contributed by atoms with van der Waals surface area (Å²) in [6.07, 6.45) is 0. The molecule has 3 nitrogen and oxygen atoms in total. The summed E-state index contributed by atoms with van der Waals surface area (Å²) in [4.78, 5) is 11.9. The highest BCUT2D eigenvalue weighted by Gasteiger charge is 2.11. The normalized spacial score (nSPS) is 11.9. The van der Waals surface area contributed by atoms with Crippen LogP contribution in [0.2, 0.25) is 5.02 Å². The fourth-order valence-corrected chi connectivity index (χ4v) is 2.12. The van der Waals surface area contributed by atoms with Gasteiger partial charge in [-0.2, -0.15) is 0 Å². The number of para-hydroxylation sites is 1. The molecule has 0 aromatic heterocycles. The van der Waals surface area contributed by atoms with Crippen LogP contribution in [-0.2, 0) is 4.79 Å². The van der Waals surface area contributed by atoms with E-state index >= 15 is 0 Å². The number of rotatable bonds is 5. The Morgan fingerprint density at radius 3 is 2.50 bits per heavy atom. The number of hydrogen-bond acceptors (Lipinski definition) is 1. The molecular formula is C16H18ClN2O+. The third-order valence-electron chi connectivity index (χ3n) is 3.13. The van der Waals surface area contributed by atoms with Crippen molar-refractivity contribution in [1.82, 2.24) is 0 Å². The van der Waals surface area contributed by atoms with Crippen LogP contribution in [0.5, 0.6) is 0 Å². The van der Waals surface area contributed by atoms with Crippen LogP contribution in [0, 0.1) is 0 Å². The van der Waals surface area contributed by atoms with Crippen molar-refractivity contribution >= 4 is 23.2 Å². The highest BCUT2D eigenvalue weighted by atomic mass is 35.5. The van der Waals surface area contributed by atoms with Gasteiger partial charge in [-0.15, -0.1) is 0 Å². The average Bonchev–Trinajstić information content (AvgIpc) is 2.48. The third kappa shape index (κ3) is 4.08. The zero-order valence-electron chi connectivity index (χ0n) is 11.3. The molecule has 104 valence electrons. The molecule has 20 heavy (non-hydrogen) atoms. The highest BCUT2D eigenvalue weighted by molar-refractivity contribution is 6.33. The number of quaternary nitrogens is 1. The number of nitrogens with one attached hydrogen (secondary N) is 1. The Balaban J connectivity index is 1.85. The van der Waals surface area contributed by atoms with Crippen LogP contribution in [0.4, 0.5) is 5.69 Å². The van der Waals surface area contributed by atoms with Gasteiger partial charge in [0.1, 0.15) is 6.04 Å². The minimum absolute atomic E-state index is 0.0547. The molecule has 0 spiro atoms. The molecule has 0 radical (unpaired) electrons. The summed E-state index contributed by atoms with van der Waals surface area (Å²) in [5.41, 5.74) is 1.86. The van der Waals surface area contributed by atoms with Crippen molar-refractivity contribution in [2.75, 3.05) is 11.9 Å². The highest BCUT2D eigenvalue weighted by Crippen LogP contribution is 2.19. The van der Waals surface area contributed by atoms with E-state index in [1.807, 2.05) is 35.6 Å². The van der Waals surface area contributed by atoms with E-state index in [1.54, 1.807) is 12.1 Å². The van der Waals surface area contributed by atoms with Crippen molar-refractivity contribution in [3.8, 4) is 0 Å². The van der Waals surface area contributed by atoms with Crippen molar-refractivity contribution in [1.29, 1.82) is 0 Å². The second-order valence-corrected chi connectivity index (χ2v) is 5.07. The maximum absolute atomic E-state index is 11.9. The lowest BCUT2D eigenvalue weighted by Gasteiger charge is -2.11. The van der Waals surface area contributed by atoms with Crippen molar-refractivity contribution in [3.63, 3.8) is 0 Å². The van der Waals surface area contributed by atoms with Crippen LogP contribution >= 0.6 is 11.6 Å². The molecule has 0 saturated carbocycles. The van der Waals surface area contributed by atoms with E-state index in [-0.39, 0.29) is 11.9 Å². The van der Waals surface area contributed by atoms with Gasteiger partial charge in [0, 0.05) is 5.56 Å². The molecule has 0 saturated heterocycles. The van der Waals surface area contributed by atoms with E-state index in [9.17, 15) is 4.79 Å². The summed E-state index contributed by atoms with van der Waals surface area (Å²) in [6, 6.07) is 17.6.